The summed E-state index contributed by atoms with van der Waals surface area (Å²) >= 11 is 0. The molecule has 0 aliphatic heterocycles. The van der Waals surface area contributed by atoms with Crippen LogP contribution in [0.3, 0.4) is 0 Å². The van der Waals surface area contributed by atoms with E-state index in [0.717, 1.165) is 16.8 Å². The van der Waals surface area contributed by atoms with Gasteiger partial charge in [-0.1, -0.05) is 18.2 Å². The van der Waals surface area contributed by atoms with Crippen LogP contribution in [-0.2, 0) is 6.54 Å². The van der Waals surface area contributed by atoms with Crippen molar-refractivity contribution in [2.24, 2.45) is 0 Å². The highest BCUT2D eigenvalue weighted by Crippen LogP contribution is 2.23. The molecule has 21 heavy (non-hydrogen) atoms. The van der Waals surface area contributed by atoms with Gasteiger partial charge in [-0.3, -0.25) is 0 Å². The van der Waals surface area contributed by atoms with Crippen LogP contribution in [0.25, 0.3) is 11.3 Å². The molecule has 0 saturated heterocycles. The van der Waals surface area contributed by atoms with E-state index in [-0.39, 0.29) is 5.75 Å². The summed E-state index contributed by atoms with van der Waals surface area (Å²) in [6.45, 7) is 0.455. The first-order valence-corrected chi connectivity index (χ1v) is 6.42. The molecule has 0 bridgehead atoms. The first-order chi connectivity index (χ1) is 10.2. The van der Waals surface area contributed by atoms with Crippen molar-refractivity contribution in [1.82, 2.24) is 4.98 Å². The molecule has 0 radical (unpaired) electrons. The Morgan fingerprint density at radius 1 is 1.19 bits per heavy atom. The molecule has 106 valence electrons. The van der Waals surface area contributed by atoms with Gasteiger partial charge in [-0.2, -0.15) is 0 Å². The molecule has 0 aliphatic rings. The summed E-state index contributed by atoms with van der Waals surface area (Å²) in [5.41, 5.74) is 2.54. The van der Waals surface area contributed by atoms with E-state index in [2.05, 4.69) is 10.3 Å². The van der Waals surface area contributed by atoms with E-state index in [1.165, 1.54) is 18.5 Å². The lowest BCUT2D eigenvalue weighted by atomic mass is 10.1. The van der Waals surface area contributed by atoms with Crippen molar-refractivity contribution in [2.45, 2.75) is 6.54 Å². The summed E-state index contributed by atoms with van der Waals surface area (Å²) in [5, 5.41) is 12.4. The van der Waals surface area contributed by atoms with Gasteiger partial charge in [0.25, 0.3) is 0 Å². The number of hydrogen-bond acceptors (Lipinski definition) is 4. The van der Waals surface area contributed by atoms with Gasteiger partial charge in [0, 0.05) is 17.8 Å². The molecule has 0 fully saturated rings. The van der Waals surface area contributed by atoms with Gasteiger partial charge in [-0.15, -0.1) is 0 Å². The molecule has 3 rings (SSSR count). The van der Waals surface area contributed by atoms with Crippen LogP contribution in [0.2, 0.25) is 0 Å². The summed E-state index contributed by atoms with van der Waals surface area (Å²) in [4.78, 5) is 3.89. The molecule has 0 atom stereocenters. The average Bonchev–Trinajstić information content (AvgIpc) is 3.03. The van der Waals surface area contributed by atoms with Crippen molar-refractivity contribution >= 4 is 5.69 Å². The van der Waals surface area contributed by atoms with Crippen LogP contribution in [0.1, 0.15) is 5.56 Å². The van der Waals surface area contributed by atoms with Gasteiger partial charge in [0.15, 0.2) is 23.7 Å². The van der Waals surface area contributed by atoms with Crippen LogP contribution in [0.4, 0.5) is 10.1 Å². The van der Waals surface area contributed by atoms with Crippen LogP contribution in [0.15, 0.2) is 59.5 Å². The zero-order valence-corrected chi connectivity index (χ0v) is 11.1. The Labute approximate surface area is 120 Å². The van der Waals surface area contributed by atoms with E-state index in [1.54, 1.807) is 12.3 Å². The number of nitrogens with one attached hydrogen (secondary N) is 1. The van der Waals surface area contributed by atoms with Crippen LogP contribution in [0.5, 0.6) is 5.75 Å². The number of nitrogens with zero attached hydrogens (tertiary/aromatic N) is 1. The lowest BCUT2D eigenvalue weighted by molar-refractivity contribution is 0.432. The number of hydrogen-bond donors (Lipinski definition) is 2. The molecule has 3 aromatic rings. The number of rotatable bonds is 4. The Morgan fingerprint density at radius 3 is 2.86 bits per heavy atom. The summed E-state index contributed by atoms with van der Waals surface area (Å²) in [6, 6.07) is 12.0. The van der Waals surface area contributed by atoms with E-state index in [1.807, 2.05) is 24.3 Å². The van der Waals surface area contributed by atoms with Gasteiger partial charge in [0.2, 0.25) is 0 Å². The molecule has 0 aliphatic carbocycles. The van der Waals surface area contributed by atoms with Gasteiger partial charge < -0.3 is 14.8 Å². The molecule has 0 unspecified atom stereocenters. The molecule has 1 heterocycles. The van der Waals surface area contributed by atoms with Crippen molar-refractivity contribution in [1.29, 1.82) is 0 Å². The molecule has 1 aromatic heterocycles. The quantitative estimate of drug-likeness (QED) is 0.765. The molecule has 0 spiro atoms. The van der Waals surface area contributed by atoms with E-state index in [9.17, 15) is 4.39 Å². The highest BCUT2D eigenvalue weighted by atomic mass is 19.1. The number of aromatic hydroxyl groups is 1. The Bertz CT molecular complexity index is 742. The highest BCUT2D eigenvalue weighted by Gasteiger charge is 2.04. The fourth-order valence-electron chi connectivity index (χ4n) is 2.01. The number of benzene rings is 2. The molecular formula is C16H13FN2O2. The van der Waals surface area contributed by atoms with E-state index in [0.29, 0.717) is 12.3 Å². The Kier molecular flexibility index (Phi) is 3.55. The lowest BCUT2D eigenvalue weighted by Crippen LogP contribution is -1.99. The SMILES string of the molecule is Oc1ccc(CNc2cccc(-c3cnco3)c2)cc1F. The number of aromatic nitrogens is 1. The maximum Gasteiger partial charge on any atom is 0.181 e. The summed E-state index contributed by atoms with van der Waals surface area (Å²) in [5.74, 6) is -0.273. The molecule has 2 aromatic carbocycles. The lowest BCUT2D eigenvalue weighted by Gasteiger charge is -2.08. The van der Waals surface area contributed by atoms with Crippen LogP contribution in [0, 0.1) is 5.82 Å². The third kappa shape index (κ3) is 3.02. The maximum atomic E-state index is 13.3. The first kappa shape index (κ1) is 13.2. The summed E-state index contributed by atoms with van der Waals surface area (Å²) in [6.07, 6.45) is 3.03. The second-order valence-electron chi connectivity index (χ2n) is 4.59. The number of phenolic OH excluding ortho intramolecular Hbond substituents is 1. The zero-order valence-electron chi connectivity index (χ0n) is 11.1. The monoisotopic (exact) mass is 284 g/mol. The minimum absolute atomic E-state index is 0.342. The van der Waals surface area contributed by atoms with Crippen LogP contribution >= 0.6 is 0 Å². The fraction of sp³-hybridized carbons (Fsp3) is 0.0625. The van der Waals surface area contributed by atoms with Crippen molar-refractivity contribution in [3.8, 4) is 17.1 Å². The maximum absolute atomic E-state index is 13.3. The van der Waals surface area contributed by atoms with Gasteiger partial charge in [0.05, 0.1) is 6.20 Å². The van der Waals surface area contributed by atoms with Crippen molar-refractivity contribution in [3.63, 3.8) is 0 Å². The Balaban J connectivity index is 1.73. The summed E-state index contributed by atoms with van der Waals surface area (Å²) in [7, 11) is 0. The molecule has 4 nitrogen and oxygen atoms in total. The number of halogens is 1. The van der Waals surface area contributed by atoms with Crippen molar-refractivity contribution < 1.29 is 13.9 Å². The minimum Gasteiger partial charge on any atom is -0.505 e. The second-order valence-corrected chi connectivity index (χ2v) is 4.59. The van der Waals surface area contributed by atoms with E-state index >= 15 is 0 Å². The predicted molar refractivity (Wildman–Crippen MR) is 77.3 cm³/mol. The number of oxazole rings is 1. The average molecular weight is 284 g/mol. The molecule has 0 amide bonds. The Morgan fingerprint density at radius 2 is 2.10 bits per heavy atom. The van der Waals surface area contributed by atoms with Gasteiger partial charge in [-0.25, -0.2) is 9.37 Å². The minimum atomic E-state index is -0.621. The molecule has 2 N–H and O–H groups in total. The second kappa shape index (κ2) is 5.66. The molecular weight excluding hydrogens is 271 g/mol. The van der Waals surface area contributed by atoms with Crippen molar-refractivity contribution in [3.05, 3.63) is 66.4 Å². The molecule has 0 saturated carbocycles. The smallest absolute Gasteiger partial charge is 0.181 e. The van der Waals surface area contributed by atoms with Gasteiger partial charge in [-0.05, 0) is 29.8 Å². The number of anilines is 1. The zero-order chi connectivity index (χ0) is 14.7. The third-order valence-corrected chi connectivity index (χ3v) is 3.09. The topological polar surface area (TPSA) is 58.3 Å². The Hall–Kier alpha value is -2.82. The van der Waals surface area contributed by atoms with Gasteiger partial charge in [0.1, 0.15) is 0 Å². The predicted octanol–water partition coefficient (Wildman–Crippen LogP) is 3.80. The fourth-order valence-corrected chi connectivity index (χ4v) is 2.01. The first-order valence-electron chi connectivity index (χ1n) is 6.42. The summed E-state index contributed by atoms with van der Waals surface area (Å²) < 4.78 is 18.5. The normalized spacial score (nSPS) is 10.5. The van der Waals surface area contributed by atoms with E-state index < -0.39 is 5.82 Å². The van der Waals surface area contributed by atoms with Gasteiger partial charge >= 0.3 is 0 Å². The third-order valence-electron chi connectivity index (χ3n) is 3.09. The molecule has 5 heteroatoms. The standard InChI is InChI=1S/C16H13FN2O2/c17-14-6-11(4-5-15(14)20)8-19-13-3-1-2-12(7-13)16-9-18-10-21-16/h1-7,9-10,19-20H,8H2. The number of phenols is 1. The highest BCUT2D eigenvalue weighted by molar-refractivity contribution is 5.63. The van der Waals surface area contributed by atoms with Crippen LogP contribution in [-0.4, -0.2) is 10.1 Å². The van der Waals surface area contributed by atoms with Crippen molar-refractivity contribution in [2.75, 3.05) is 5.32 Å². The van der Waals surface area contributed by atoms with E-state index in [4.69, 9.17) is 9.52 Å². The van der Waals surface area contributed by atoms with Crippen LogP contribution < -0.4 is 5.32 Å². The largest absolute Gasteiger partial charge is 0.505 e.